The van der Waals surface area contributed by atoms with Crippen molar-refractivity contribution < 1.29 is 24.8 Å². The molecule has 1 heterocycles. The van der Waals surface area contributed by atoms with Gasteiger partial charge in [0.2, 0.25) is 0 Å². The molecule has 1 N–H and O–H groups in total. The molecule has 0 aliphatic carbocycles. The standard InChI is InChI=1S/C9H10NOP.Ir/c12-8-4-2-1-3-7(8)9-10-5-6-11-9;/h1-6,9-10H,12H2;. The van der Waals surface area contributed by atoms with Crippen molar-refractivity contribution in [2.24, 2.45) is 0 Å². The topological polar surface area (TPSA) is 21.3 Å². The molecule has 1 aromatic rings. The number of hydrogen-bond acceptors (Lipinski definition) is 2. The third-order valence-electron chi connectivity index (χ3n) is 1.81. The molecule has 4 heteroatoms. The van der Waals surface area contributed by atoms with Crippen molar-refractivity contribution in [3.05, 3.63) is 42.3 Å². The second kappa shape index (κ2) is 4.76. The summed E-state index contributed by atoms with van der Waals surface area (Å²) in [7, 11) is 2.69. The van der Waals surface area contributed by atoms with Gasteiger partial charge in [-0.2, -0.15) is 0 Å². The molecule has 1 aliphatic heterocycles. The first-order chi connectivity index (χ1) is 5.88. The van der Waals surface area contributed by atoms with Crippen LogP contribution in [0.4, 0.5) is 0 Å². The first-order valence-corrected chi connectivity index (χ1v) is 4.36. The van der Waals surface area contributed by atoms with Crippen LogP contribution in [0.5, 0.6) is 0 Å². The second-order valence-corrected chi connectivity index (χ2v) is 3.24. The molecule has 0 fully saturated rings. The average molecular weight is 371 g/mol. The zero-order valence-electron chi connectivity index (χ0n) is 6.86. The van der Waals surface area contributed by atoms with Gasteiger partial charge in [-0.1, -0.05) is 24.3 Å². The number of nitrogens with one attached hydrogen (secondary N) is 1. The van der Waals surface area contributed by atoms with E-state index >= 15 is 0 Å². The molecule has 2 rings (SSSR count). The van der Waals surface area contributed by atoms with Crippen molar-refractivity contribution in [3.8, 4) is 0 Å². The maximum atomic E-state index is 5.31. The third kappa shape index (κ3) is 2.31. The van der Waals surface area contributed by atoms with Crippen molar-refractivity contribution >= 4 is 14.5 Å². The van der Waals surface area contributed by atoms with E-state index in [0.29, 0.717) is 0 Å². The van der Waals surface area contributed by atoms with E-state index in [1.165, 1.54) is 5.30 Å². The Labute approximate surface area is 93.3 Å². The van der Waals surface area contributed by atoms with Gasteiger partial charge >= 0.3 is 0 Å². The summed E-state index contributed by atoms with van der Waals surface area (Å²) >= 11 is 0. The molecule has 13 heavy (non-hydrogen) atoms. The van der Waals surface area contributed by atoms with E-state index in [9.17, 15) is 0 Å². The fourth-order valence-corrected chi connectivity index (χ4v) is 1.56. The average Bonchev–Trinajstić information content (AvgIpc) is 2.57. The molecular formula is C9H10IrNOP. The van der Waals surface area contributed by atoms with Crippen LogP contribution in [-0.2, 0) is 24.8 Å². The van der Waals surface area contributed by atoms with Crippen LogP contribution in [0.25, 0.3) is 0 Å². The number of benzene rings is 1. The van der Waals surface area contributed by atoms with Crippen LogP contribution < -0.4 is 10.6 Å². The van der Waals surface area contributed by atoms with Crippen LogP contribution in [0.15, 0.2) is 36.7 Å². The van der Waals surface area contributed by atoms with Gasteiger partial charge in [0.15, 0.2) is 6.23 Å². The summed E-state index contributed by atoms with van der Waals surface area (Å²) in [6, 6.07) is 8.11. The fraction of sp³-hybridized carbons (Fsp3) is 0.111. The molecule has 0 saturated carbocycles. The first kappa shape index (κ1) is 10.7. The molecule has 1 radical (unpaired) electrons. The number of rotatable bonds is 1. The minimum Gasteiger partial charge on any atom is -0.473 e. The zero-order valence-corrected chi connectivity index (χ0v) is 10.4. The van der Waals surface area contributed by atoms with Gasteiger partial charge < -0.3 is 10.1 Å². The van der Waals surface area contributed by atoms with Crippen molar-refractivity contribution in [1.82, 2.24) is 5.32 Å². The van der Waals surface area contributed by atoms with E-state index in [0.717, 1.165) is 5.56 Å². The minimum absolute atomic E-state index is 0. The van der Waals surface area contributed by atoms with Gasteiger partial charge in [-0.25, -0.2) is 0 Å². The summed E-state index contributed by atoms with van der Waals surface area (Å²) in [6.45, 7) is 0. The predicted molar refractivity (Wildman–Crippen MR) is 51.9 cm³/mol. The smallest absolute Gasteiger partial charge is 0.195 e. The van der Waals surface area contributed by atoms with E-state index < -0.39 is 0 Å². The van der Waals surface area contributed by atoms with Gasteiger partial charge in [0.1, 0.15) is 6.26 Å². The maximum absolute atomic E-state index is 5.31. The molecule has 0 bridgehead atoms. The summed E-state index contributed by atoms with van der Waals surface area (Å²) in [5, 5.41) is 4.26. The molecule has 0 amide bonds. The molecule has 1 aromatic carbocycles. The molecule has 1 aliphatic rings. The third-order valence-corrected chi connectivity index (χ3v) is 2.33. The maximum Gasteiger partial charge on any atom is 0.195 e. The quantitative estimate of drug-likeness (QED) is 0.751. The van der Waals surface area contributed by atoms with Gasteiger partial charge in [0, 0.05) is 31.9 Å². The van der Waals surface area contributed by atoms with Gasteiger partial charge in [-0.15, -0.1) is 9.24 Å². The Balaban J connectivity index is 0.000000845. The van der Waals surface area contributed by atoms with E-state index in [2.05, 4.69) is 14.6 Å². The Morgan fingerprint density at radius 2 is 2.08 bits per heavy atom. The van der Waals surface area contributed by atoms with Crippen molar-refractivity contribution in [3.63, 3.8) is 0 Å². The molecule has 2 unspecified atom stereocenters. The van der Waals surface area contributed by atoms with Crippen LogP contribution in [0.3, 0.4) is 0 Å². The molecule has 0 aromatic heterocycles. The number of hydrogen-bond donors (Lipinski definition) is 1. The minimum atomic E-state index is -0.0151. The van der Waals surface area contributed by atoms with Gasteiger partial charge in [-0.05, 0) is 5.30 Å². The van der Waals surface area contributed by atoms with Crippen LogP contribution in [0.1, 0.15) is 11.8 Å². The molecule has 0 spiro atoms. The van der Waals surface area contributed by atoms with Crippen LogP contribution in [0.2, 0.25) is 0 Å². The summed E-state index contributed by atoms with van der Waals surface area (Å²) in [6.07, 6.45) is 3.46. The Hall–Kier alpha value is -0.361. The van der Waals surface area contributed by atoms with E-state index in [1.54, 1.807) is 6.26 Å². The Bertz CT molecular complexity index is 308. The fourth-order valence-electron chi connectivity index (χ4n) is 1.20. The van der Waals surface area contributed by atoms with Gasteiger partial charge in [0.25, 0.3) is 0 Å². The SMILES string of the molecule is Pc1ccccc1C1NC=CO1.[Ir]. The van der Waals surface area contributed by atoms with Crippen molar-refractivity contribution in [2.45, 2.75) is 6.23 Å². The molecule has 2 atom stereocenters. The monoisotopic (exact) mass is 372 g/mol. The van der Waals surface area contributed by atoms with Crippen LogP contribution in [-0.4, -0.2) is 0 Å². The normalized spacial score (nSPS) is 18.7. The largest absolute Gasteiger partial charge is 0.473 e. The molecular weight excluding hydrogens is 361 g/mol. The first-order valence-electron chi connectivity index (χ1n) is 3.79. The second-order valence-electron chi connectivity index (χ2n) is 2.61. The van der Waals surface area contributed by atoms with E-state index in [-0.39, 0.29) is 26.3 Å². The van der Waals surface area contributed by atoms with Crippen molar-refractivity contribution in [2.75, 3.05) is 0 Å². The zero-order chi connectivity index (χ0) is 8.39. The van der Waals surface area contributed by atoms with Gasteiger partial charge in [0.05, 0.1) is 0 Å². The molecule has 0 saturated heterocycles. The van der Waals surface area contributed by atoms with Crippen LogP contribution >= 0.6 is 9.24 Å². The molecule has 2 nitrogen and oxygen atoms in total. The van der Waals surface area contributed by atoms with Crippen LogP contribution in [0, 0.1) is 0 Å². The Morgan fingerprint density at radius 3 is 2.69 bits per heavy atom. The van der Waals surface area contributed by atoms with Crippen molar-refractivity contribution in [1.29, 1.82) is 0 Å². The Kier molecular flexibility index (Phi) is 3.92. The summed E-state index contributed by atoms with van der Waals surface area (Å²) in [5.41, 5.74) is 1.16. The summed E-state index contributed by atoms with van der Waals surface area (Å²) in [5.74, 6) is 0. The Morgan fingerprint density at radius 1 is 1.31 bits per heavy atom. The predicted octanol–water partition coefficient (Wildman–Crippen LogP) is 1.27. The summed E-state index contributed by atoms with van der Waals surface area (Å²) < 4.78 is 5.31. The van der Waals surface area contributed by atoms with Gasteiger partial charge in [-0.3, -0.25) is 0 Å². The summed E-state index contributed by atoms with van der Waals surface area (Å²) in [4.78, 5) is 0. The van der Waals surface area contributed by atoms with E-state index in [1.807, 2.05) is 30.5 Å². The number of ether oxygens (including phenoxy) is 1. The van der Waals surface area contributed by atoms with E-state index in [4.69, 9.17) is 4.74 Å². The molecule has 71 valence electrons.